The summed E-state index contributed by atoms with van der Waals surface area (Å²) in [6.45, 7) is 5.48. The monoisotopic (exact) mass is 302 g/mol. The summed E-state index contributed by atoms with van der Waals surface area (Å²) in [5.41, 5.74) is 0.497. The molecule has 2 fully saturated rings. The molecule has 118 valence electrons. The highest BCUT2D eigenvalue weighted by molar-refractivity contribution is 7.89. The number of sulfonamides is 1. The summed E-state index contributed by atoms with van der Waals surface area (Å²) in [5, 5.41) is 3.24. The van der Waals surface area contributed by atoms with E-state index in [1.54, 1.807) is 4.31 Å². The molecule has 1 spiro atoms. The van der Waals surface area contributed by atoms with E-state index in [4.69, 9.17) is 0 Å². The normalized spacial score (nSPS) is 23.4. The first kappa shape index (κ1) is 16.2. The predicted octanol–water partition coefficient (Wildman–Crippen LogP) is 2.36. The van der Waals surface area contributed by atoms with Crippen molar-refractivity contribution in [3.05, 3.63) is 0 Å². The van der Waals surface area contributed by atoms with Crippen LogP contribution in [0.1, 0.15) is 58.3 Å². The number of nitrogens with zero attached hydrogens (tertiary/aromatic N) is 1. The molecular formula is C15H30N2O2S. The van der Waals surface area contributed by atoms with Gasteiger partial charge in [0.05, 0.1) is 5.75 Å². The zero-order valence-electron chi connectivity index (χ0n) is 12.9. The average molecular weight is 302 g/mol. The molecule has 0 bridgehead atoms. The first-order chi connectivity index (χ1) is 9.58. The fraction of sp³-hybridized carbons (Fsp3) is 1.00. The highest BCUT2D eigenvalue weighted by Crippen LogP contribution is 2.46. The smallest absolute Gasteiger partial charge is 0.214 e. The molecule has 1 heterocycles. The second-order valence-corrected chi connectivity index (χ2v) is 8.57. The third-order valence-electron chi connectivity index (χ3n) is 5.10. The maximum atomic E-state index is 12.3. The summed E-state index contributed by atoms with van der Waals surface area (Å²) in [6.07, 6.45) is 9.23. The van der Waals surface area contributed by atoms with Crippen LogP contribution in [0, 0.1) is 5.41 Å². The van der Waals surface area contributed by atoms with Crippen LogP contribution in [0.5, 0.6) is 0 Å². The third-order valence-corrected chi connectivity index (χ3v) is 7.05. The molecule has 2 rings (SSSR count). The molecule has 5 heteroatoms. The Morgan fingerprint density at radius 3 is 2.30 bits per heavy atom. The Labute approximate surface area is 124 Å². The molecule has 0 aromatic heterocycles. The molecule has 1 aliphatic carbocycles. The van der Waals surface area contributed by atoms with Crippen molar-refractivity contribution in [2.24, 2.45) is 5.41 Å². The lowest BCUT2D eigenvalue weighted by Gasteiger charge is -2.38. The minimum absolute atomic E-state index is 0.325. The van der Waals surface area contributed by atoms with Crippen LogP contribution >= 0.6 is 0 Å². The quantitative estimate of drug-likeness (QED) is 0.735. The topological polar surface area (TPSA) is 49.4 Å². The van der Waals surface area contributed by atoms with Gasteiger partial charge in [0.2, 0.25) is 10.0 Å². The molecule has 0 aromatic rings. The summed E-state index contributed by atoms with van der Waals surface area (Å²) in [7, 11) is -3.01. The van der Waals surface area contributed by atoms with Gasteiger partial charge in [0.25, 0.3) is 0 Å². The number of hydrogen-bond acceptors (Lipinski definition) is 3. The number of nitrogens with one attached hydrogen (secondary N) is 1. The number of piperidine rings is 1. The molecule has 0 atom stereocenters. The molecule has 0 amide bonds. The van der Waals surface area contributed by atoms with Crippen molar-refractivity contribution in [2.45, 2.75) is 58.3 Å². The van der Waals surface area contributed by atoms with E-state index in [1.807, 2.05) is 0 Å². The SMILES string of the molecule is CCNCCCCS(=O)(=O)N1CCC2(CCCC2)CC1. The molecule has 0 radical (unpaired) electrons. The Bertz CT molecular complexity index is 379. The van der Waals surface area contributed by atoms with Gasteiger partial charge in [-0.2, -0.15) is 0 Å². The van der Waals surface area contributed by atoms with Crippen LogP contribution in [0.2, 0.25) is 0 Å². The zero-order chi connectivity index (χ0) is 14.5. The van der Waals surface area contributed by atoms with Crippen LogP contribution in [0.3, 0.4) is 0 Å². The maximum Gasteiger partial charge on any atom is 0.214 e. The Morgan fingerprint density at radius 2 is 1.70 bits per heavy atom. The maximum absolute atomic E-state index is 12.3. The van der Waals surface area contributed by atoms with Gasteiger partial charge in [-0.15, -0.1) is 0 Å². The van der Waals surface area contributed by atoms with Crippen LogP contribution in [0.4, 0.5) is 0 Å². The lowest BCUT2D eigenvalue weighted by atomic mass is 9.78. The van der Waals surface area contributed by atoms with Gasteiger partial charge >= 0.3 is 0 Å². The third kappa shape index (κ3) is 4.18. The second-order valence-electron chi connectivity index (χ2n) is 6.48. The summed E-state index contributed by atoms with van der Waals surface area (Å²) in [4.78, 5) is 0. The number of rotatable bonds is 7. The largest absolute Gasteiger partial charge is 0.317 e. The van der Waals surface area contributed by atoms with E-state index in [2.05, 4.69) is 12.2 Å². The molecule has 1 saturated carbocycles. The fourth-order valence-electron chi connectivity index (χ4n) is 3.70. The zero-order valence-corrected chi connectivity index (χ0v) is 13.7. The van der Waals surface area contributed by atoms with Gasteiger partial charge in [0.15, 0.2) is 0 Å². The molecule has 2 aliphatic rings. The number of unbranched alkanes of at least 4 members (excludes halogenated alkanes) is 1. The van der Waals surface area contributed by atoms with Gasteiger partial charge in [-0.1, -0.05) is 19.8 Å². The van der Waals surface area contributed by atoms with Gasteiger partial charge in [0, 0.05) is 13.1 Å². The van der Waals surface area contributed by atoms with Crippen molar-refractivity contribution in [1.29, 1.82) is 0 Å². The average Bonchev–Trinajstić information content (AvgIpc) is 2.87. The van der Waals surface area contributed by atoms with Crippen molar-refractivity contribution in [1.82, 2.24) is 9.62 Å². The Balaban J connectivity index is 1.73. The summed E-state index contributed by atoms with van der Waals surface area (Å²) in [6, 6.07) is 0. The predicted molar refractivity (Wildman–Crippen MR) is 83.3 cm³/mol. The van der Waals surface area contributed by atoms with Gasteiger partial charge in [-0.25, -0.2) is 12.7 Å². The van der Waals surface area contributed by atoms with E-state index < -0.39 is 10.0 Å². The standard InChI is InChI=1S/C15H30N2O2S/c1-2-16-11-5-6-14-20(18,19)17-12-9-15(10-13-17)7-3-4-8-15/h16H,2-14H2,1H3. The van der Waals surface area contributed by atoms with Crippen LogP contribution < -0.4 is 5.32 Å². The Hall–Kier alpha value is -0.130. The molecule has 4 nitrogen and oxygen atoms in total. The molecule has 1 saturated heterocycles. The van der Waals surface area contributed by atoms with Gasteiger partial charge in [-0.05, 0) is 57.0 Å². The first-order valence-electron chi connectivity index (χ1n) is 8.27. The van der Waals surface area contributed by atoms with E-state index >= 15 is 0 Å². The van der Waals surface area contributed by atoms with Gasteiger partial charge in [-0.3, -0.25) is 0 Å². The van der Waals surface area contributed by atoms with Crippen LogP contribution in [0.15, 0.2) is 0 Å². The van der Waals surface area contributed by atoms with Crippen LogP contribution in [-0.2, 0) is 10.0 Å². The van der Waals surface area contributed by atoms with Crippen molar-refractivity contribution in [3.8, 4) is 0 Å². The minimum Gasteiger partial charge on any atom is -0.317 e. The molecule has 1 aliphatic heterocycles. The summed E-state index contributed by atoms with van der Waals surface area (Å²) in [5.74, 6) is 0.325. The minimum atomic E-state index is -3.01. The van der Waals surface area contributed by atoms with Crippen LogP contribution in [-0.4, -0.2) is 44.7 Å². The molecule has 0 unspecified atom stereocenters. The lowest BCUT2D eigenvalue weighted by Crippen LogP contribution is -2.43. The molecular weight excluding hydrogens is 272 g/mol. The van der Waals surface area contributed by atoms with Gasteiger partial charge in [0.1, 0.15) is 0 Å². The van der Waals surface area contributed by atoms with E-state index in [0.717, 1.165) is 51.9 Å². The van der Waals surface area contributed by atoms with Gasteiger partial charge < -0.3 is 5.32 Å². The highest BCUT2D eigenvalue weighted by atomic mass is 32.2. The van der Waals surface area contributed by atoms with E-state index in [1.165, 1.54) is 25.7 Å². The Kier molecular flexibility index (Phi) is 5.87. The lowest BCUT2D eigenvalue weighted by molar-refractivity contribution is 0.160. The fourth-order valence-corrected chi connectivity index (χ4v) is 5.27. The number of hydrogen-bond donors (Lipinski definition) is 1. The summed E-state index contributed by atoms with van der Waals surface area (Å²) < 4.78 is 26.4. The first-order valence-corrected chi connectivity index (χ1v) is 9.87. The van der Waals surface area contributed by atoms with Crippen molar-refractivity contribution in [3.63, 3.8) is 0 Å². The molecule has 0 aromatic carbocycles. The van der Waals surface area contributed by atoms with E-state index in [0.29, 0.717) is 11.2 Å². The van der Waals surface area contributed by atoms with Crippen molar-refractivity contribution in [2.75, 3.05) is 31.9 Å². The van der Waals surface area contributed by atoms with Crippen LogP contribution in [0.25, 0.3) is 0 Å². The van der Waals surface area contributed by atoms with Crippen molar-refractivity contribution < 1.29 is 8.42 Å². The van der Waals surface area contributed by atoms with Crippen molar-refractivity contribution >= 4 is 10.0 Å². The van der Waals surface area contributed by atoms with E-state index in [9.17, 15) is 8.42 Å². The highest BCUT2D eigenvalue weighted by Gasteiger charge is 2.39. The molecule has 20 heavy (non-hydrogen) atoms. The second kappa shape index (κ2) is 7.23. The molecule has 1 N–H and O–H groups in total. The summed E-state index contributed by atoms with van der Waals surface area (Å²) >= 11 is 0. The van der Waals surface area contributed by atoms with E-state index in [-0.39, 0.29) is 0 Å². The Morgan fingerprint density at radius 1 is 1.05 bits per heavy atom.